The van der Waals surface area contributed by atoms with Gasteiger partial charge in [-0.25, -0.2) is 0 Å². The van der Waals surface area contributed by atoms with Gasteiger partial charge in [-0.2, -0.15) is 0 Å². The molecule has 0 bridgehead atoms. The van der Waals surface area contributed by atoms with Crippen molar-refractivity contribution in [3.05, 3.63) is 58.9 Å². The summed E-state index contributed by atoms with van der Waals surface area (Å²) in [6.45, 7) is 4.37. The first-order valence-electron chi connectivity index (χ1n) is 8.10. The number of anilines is 1. The third-order valence-electron chi connectivity index (χ3n) is 5.24. The molecule has 0 radical (unpaired) electrons. The lowest BCUT2D eigenvalue weighted by Gasteiger charge is -2.30. The van der Waals surface area contributed by atoms with Crippen LogP contribution in [0.2, 0.25) is 0 Å². The van der Waals surface area contributed by atoms with Crippen LogP contribution in [0.3, 0.4) is 0 Å². The average Bonchev–Trinajstić information content (AvgIpc) is 3.07. The fourth-order valence-corrected chi connectivity index (χ4v) is 4.18. The predicted octanol–water partition coefficient (Wildman–Crippen LogP) is 1.84. The van der Waals surface area contributed by atoms with Gasteiger partial charge in [-0.1, -0.05) is 12.1 Å². The van der Waals surface area contributed by atoms with Crippen LogP contribution in [0.4, 0.5) is 5.69 Å². The number of carbonyl (C=O) groups is 2. The molecule has 2 N–H and O–H groups in total. The summed E-state index contributed by atoms with van der Waals surface area (Å²) in [7, 11) is 0. The van der Waals surface area contributed by atoms with Crippen LogP contribution < -0.4 is 10.6 Å². The van der Waals surface area contributed by atoms with Crippen LogP contribution in [0.25, 0.3) is 0 Å². The van der Waals surface area contributed by atoms with Crippen molar-refractivity contribution in [2.45, 2.75) is 31.2 Å². The summed E-state index contributed by atoms with van der Waals surface area (Å²) in [5.41, 5.74) is 4.00. The molecule has 4 rings (SSSR count). The SMILES string of the molecule is Cc1ccc2c(c1)NC(=O)[C@@]21CN[C@@H](C=O)[C@@H]1c1ccnc(C)c1. The highest BCUT2D eigenvalue weighted by Gasteiger charge is 2.58. The van der Waals surface area contributed by atoms with Crippen LogP contribution in [0.15, 0.2) is 36.5 Å². The zero-order chi connectivity index (χ0) is 16.9. The second-order valence-electron chi connectivity index (χ2n) is 6.73. The van der Waals surface area contributed by atoms with Crippen molar-refractivity contribution in [2.24, 2.45) is 0 Å². The third-order valence-corrected chi connectivity index (χ3v) is 5.24. The zero-order valence-electron chi connectivity index (χ0n) is 13.7. The molecule has 1 saturated heterocycles. The number of aryl methyl sites for hydroxylation is 2. The Kier molecular flexibility index (Phi) is 3.28. The van der Waals surface area contributed by atoms with E-state index in [0.29, 0.717) is 6.54 Å². The molecule has 24 heavy (non-hydrogen) atoms. The number of aldehydes is 1. The quantitative estimate of drug-likeness (QED) is 0.828. The molecule has 0 aliphatic carbocycles. The van der Waals surface area contributed by atoms with Gasteiger partial charge in [0, 0.05) is 30.0 Å². The molecule has 122 valence electrons. The van der Waals surface area contributed by atoms with E-state index < -0.39 is 11.5 Å². The maximum Gasteiger partial charge on any atom is 0.237 e. The fraction of sp³-hybridized carbons (Fsp3) is 0.316. The number of hydrogen-bond acceptors (Lipinski definition) is 4. The highest BCUT2D eigenvalue weighted by molar-refractivity contribution is 6.08. The van der Waals surface area contributed by atoms with Crippen LogP contribution in [-0.4, -0.2) is 29.8 Å². The summed E-state index contributed by atoms with van der Waals surface area (Å²) >= 11 is 0. The summed E-state index contributed by atoms with van der Waals surface area (Å²) in [5.74, 6) is -0.292. The molecule has 1 amide bonds. The molecular formula is C19H19N3O2. The largest absolute Gasteiger partial charge is 0.325 e. The number of rotatable bonds is 2. The van der Waals surface area contributed by atoms with Crippen LogP contribution in [0.1, 0.15) is 28.3 Å². The minimum absolute atomic E-state index is 0.0422. The molecule has 1 spiro atoms. The minimum Gasteiger partial charge on any atom is -0.325 e. The Bertz CT molecular complexity index is 848. The Hall–Kier alpha value is -2.53. The normalized spacial score (nSPS) is 28.0. The van der Waals surface area contributed by atoms with Crippen LogP contribution in [-0.2, 0) is 15.0 Å². The molecule has 1 aromatic carbocycles. The van der Waals surface area contributed by atoms with Crippen molar-refractivity contribution >= 4 is 17.9 Å². The number of benzene rings is 1. The average molecular weight is 321 g/mol. The summed E-state index contributed by atoms with van der Waals surface area (Å²) in [5, 5.41) is 6.26. The Morgan fingerprint density at radius 1 is 1.25 bits per heavy atom. The monoisotopic (exact) mass is 321 g/mol. The lowest BCUT2D eigenvalue weighted by molar-refractivity contribution is -0.120. The van der Waals surface area contributed by atoms with Gasteiger partial charge in [0.2, 0.25) is 5.91 Å². The van der Waals surface area contributed by atoms with Gasteiger partial charge in [-0.3, -0.25) is 9.78 Å². The number of fused-ring (bicyclic) bond motifs is 2. The van der Waals surface area contributed by atoms with Crippen molar-refractivity contribution in [1.82, 2.24) is 10.3 Å². The van der Waals surface area contributed by atoms with E-state index in [2.05, 4.69) is 15.6 Å². The smallest absolute Gasteiger partial charge is 0.237 e. The number of nitrogens with zero attached hydrogens (tertiary/aromatic N) is 1. The van der Waals surface area contributed by atoms with Gasteiger partial charge in [0.25, 0.3) is 0 Å². The number of pyridine rings is 1. The van der Waals surface area contributed by atoms with Gasteiger partial charge in [-0.05, 0) is 48.7 Å². The van der Waals surface area contributed by atoms with Crippen molar-refractivity contribution < 1.29 is 9.59 Å². The molecule has 2 aliphatic heterocycles. The van der Waals surface area contributed by atoms with E-state index in [1.807, 2.05) is 44.2 Å². The minimum atomic E-state index is -0.762. The Morgan fingerprint density at radius 3 is 2.83 bits per heavy atom. The lowest BCUT2D eigenvalue weighted by Crippen LogP contribution is -2.41. The Balaban J connectivity index is 1.93. The molecule has 3 atom stereocenters. The molecule has 5 heteroatoms. The van der Waals surface area contributed by atoms with E-state index in [-0.39, 0.29) is 11.8 Å². The molecule has 1 fully saturated rings. The van der Waals surface area contributed by atoms with Crippen LogP contribution >= 0.6 is 0 Å². The van der Waals surface area contributed by atoms with Gasteiger partial charge < -0.3 is 15.4 Å². The van der Waals surface area contributed by atoms with Gasteiger partial charge in [0.1, 0.15) is 6.29 Å². The van der Waals surface area contributed by atoms with Crippen molar-refractivity contribution in [3.8, 4) is 0 Å². The summed E-state index contributed by atoms with van der Waals surface area (Å²) < 4.78 is 0. The van der Waals surface area contributed by atoms with Crippen LogP contribution in [0.5, 0.6) is 0 Å². The summed E-state index contributed by atoms with van der Waals surface area (Å²) in [4.78, 5) is 28.9. The second-order valence-corrected chi connectivity index (χ2v) is 6.73. The van der Waals surface area contributed by atoms with E-state index in [1.54, 1.807) is 6.20 Å². The standard InChI is InChI=1S/C19H19N3O2/c1-11-3-4-14-15(7-11)22-18(24)19(14)10-21-16(9-23)17(19)13-5-6-20-12(2)8-13/h3-9,16-17,21H,10H2,1-2H3,(H,22,24)/t16-,17-,19-/m0/s1. The lowest BCUT2D eigenvalue weighted by atomic mass is 9.68. The van der Waals surface area contributed by atoms with Crippen molar-refractivity contribution in [1.29, 1.82) is 0 Å². The molecule has 0 saturated carbocycles. The summed E-state index contributed by atoms with van der Waals surface area (Å²) in [6.07, 6.45) is 2.65. The Morgan fingerprint density at radius 2 is 2.08 bits per heavy atom. The van der Waals surface area contributed by atoms with Gasteiger partial charge in [0.15, 0.2) is 0 Å². The van der Waals surface area contributed by atoms with Gasteiger partial charge >= 0.3 is 0 Å². The predicted molar refractivity (Wildman–Crippen MR) is 91.1 cm³/mol. The van der Waals surface area contributed by atoms with E-state index in [9.17, 15) is 9.59 Å². The third kappa shape index (κ3) is 1.94. The topological polar surface area (TPSA) is 71.1 Å². The molecule has 0 unspecified atom stereocenters. The highest BCUT2D eigenvalue weighted by atomic mass is 16.2. The zero-order valence-corrected chi connectivity index (χ0v) is 13.7. The molecule has 2 aromatic rings. The number of amides is 1. The molecule has 3 heterocycles. The summed E-state index contributed by atoms with van der Waals surface area (Å²) in [6, 6.07) is 9.50. The molecule has 1 aromatic heterocycles. The van der Waals surface area contributed by atoms with E-state index in [0.717, 1.165) is 34.4 Å². The van der Waals surface area contributed by atoms with E-state index in [4.69, 9.17) is 0 Å². The second kappa shape index (κ2) is 5.24. The van der Waals surface area contributed by atoms with Crippen molar-refractivity contribution in [3.63, 3.8) is 0 Å². The van der Waals surface area contributed by atoms with Crippen LogP contribution in [0, 0.1) is 13.8 Å². The van der Waals surface area contributed by atoms with E-state index in [1.165, 1.54) is 0 Å². The maximum atomic E-state index is 13.0. The number of carbonyl (C=O) groups excluding carboxylic acids is 2. The first-order chi connectivity index (χ1) is 11.6. The molecule has 5 nitrogen and oxygen atoms in total. The molecular weight excluding hydrogens is 302 g/mol. The van der Waals surface area contributed by atoms with E-state index >= 15 is 0 Å². The first-order valence-corrected chi connectivity index (χ1v) is 8.10. The first kappa shape index (κ1) is 15.0. The maximum absolute atomic E-state index is 13.0. The number of nitrogens with one attached hydrogen (secondary N) is 2. The number of aromatic nitrogens is 1. The Labute approximate surface area is 140 Å². The fourth-order valence-electron chi connectivity index (χ4n) is 4.18. The van der Waals surface area contributed by atoms with Gasteiger partial charge in [-0.15, -0.1) is 0 Å². The highest BCUT2D eigenvalue weighted by Crippen LogP contribution is 2.51. The van der Waals surface area contributed by atoms with Crippen molar-refractivity contribution in [2.75, 3.05) is 11.9 Å². The molecule has 2 aliphatic rings. The number of hydrogen-bond donors (Lipinski definition) is 2. The van der Waals surface area contributed by atoms with Gasteiger partial charge in [0.05, 0.1) is 11.5 Å².